The van der Waals surface area contributed by atoms with Crippen LogP contribution in [0.4, 0.5) is 0 Å². The predicted octanol–water partition coefficient (Wildman–Crippen LogP) is 2.04. The SMILES string of the molecule is ON1CCC[C@H]1C(I)I. The smallest absolute Gasteiger partial charge is 0.0804 e. The Balaban J connectivity index is 2.40. The molecular weight excluding hydrogens is 344 g/mol. The van der Waals surface area contributed by atoms with Gasteiger partial charge in [-0.25, -0.2) is 0 Å². The summed E-state index contributed by atoms with van der Waals surface area (Å²) in [7, 11) is 0. The van der Waals surface area contributed by atoms with E-state index in [0.29, 0.717) is 7.97 Å². The predicted molar refractivity (Wildman–Crippen MR) is 53.3 cm³/mol. The Hall–Kier alpha value is 1.38. The molecule has 54 valence electrons. The van der Waals surface area contributed by atoms with Crippen molar-refractivity contribution in [3.63, 3.8) is 0 Å². The number of hydrogen-bond acceptors (Lipinski definition) is 2. The van der Waals surface area contributed by atoms with E-state index in [2.05, 4.69) is 45.2 Å². The molecule has 0 saturated carbocycles. The molecule has 0 radical (unpaired) electrons. The van der Waals surface area contributed by atoms with Gasteiger partial charge >= 0.3 is 0 Å². The van der Waals surface area contributed by atoms with E-state index in [-0.39, 0.29) is 0 Å². The molecule has 0 aromatic heterocycles. The van der Waals surface area contributed by atoms with Crippen molar-refractivity contribution in [3.05, 3.63) is 0 Å². The summed E-state index contributed by atoms with van der Waals surface area (Å²) in [6.45, 7) is 0.854. The highest BCUT2D eigenvalue weighted by Gasteiger charge is 2.27. The maximum Gasteiger partial charge on any atom is 0.0804 e. The Morgan fingerprint density at radius 3 is 2.44 bits per heavy atom. The van der Waals surface area contributed by atoms with Gasteiger partial charge in [0.25, 0.3) is 0 Å². The second kappa shape index (κ2) is 3.68. The minimum Gasteiger partial charge on any atom is -0.314 e. The number of alkyl halides is 2. The fraction of sp³-hybridized carbons (Fsp3) is 1.00. The average Bonchev–Trinajstić information content (AvgIpc) is 2.13. The lowest BCUT2D eigenvalue weighted by Gasteiger charge is -2.18. The van der Waals surface area contributed by atoms with E-state index in [1.165, 1.54) is 5.06 Å². The molecule has 0 unspecified atom stereocenters. The van der Waals surface area contributed by atoms with E-state index in [4.69, 9.17) is 0 Å². The monoisotopic (exact) mass is 353 g/mol. The van der Waals surface area contributed by atoms with Gasteiger partial charge in [-0.1, -0.05) is 45.2 Å². The summed E-state index contributed by atoms with van der Waals surface area (Å²) in [6.07, 6.45) is 2.29. The van der Waals surface area contributed by atoms with Crippen molar-refractivity contribution in [1.29, 1.82) is 0 Å². The molecule has 0 bridgehead atoms. The minimum atomic E-state index is 0.395. The van der Waals surface area contributed by atoms with Crippen LogP contribution < -0.4 is 0 Å². The first-order chi connectivity index (χ1) is 4.22. The number of hydrogen-bond donors (Lipinski definition) is 1. The van der Waals surface area contributed by atoms with E-state index in [0.717, 1.165) is 19.4 Å². The lowest BCUT2D eigenvalue weighted by atomic mass is 10.3. The highest BCUT2D eigenvalue weighted by atomic mass is 127. The van der Waals surface area contributed by atoms with Crippen molar-refractivity contribution in [3.8, 4) is 0 Å². The van der Waals surface area contributed by atoms with Crippen molar-refractivity contribution in [2.45, 2.75) is 20.8 Å². The zero-order chi connectivity index (χ0) is 6.85. The zero-order valence-corrected chi connectivity index (χ0v) is 9.24. The van der Waals surface area contributed by atoms with Gasteiger partial charge in [-0.05, 0) is 12.8 Å². The Morgan fingerprint density at radius 2 is 2.22 bits per heavy atom. The molecule has 9 heavy (non-hydrogen) atoms. The lowest BCUT2D eigenvalue weighted by Crippen LogP contribution is -2.30. The van der Waals surface area contributed by atoms with Gasteiger partial charge in [0.1, 0.15) is 0 Å². The van der Waals surface area contributed by atoms with Crippen LogP contribution in [0.1, 0.15) is 12.8 Å². The van der Waals surface area contributed by atoms with Crippen LogP contribution >= 0.6 is 45.2 Å². The lowest BCUT2D eigenvalue weighted by molar-refractivity contribution is -0.0959. The highest BCUT2D eigenvalue weighted by molar-refractivity contribution is 14.2. The average molecular weight is 353 g/mol. The van der Waals surface area contributed by atoms with Gasteiger partial charge in [0, 0.05) is 6.54 Å². The number of rotatable bonds is 1. The van der Waals surface area contributed by atoms with Crippen molar-refractivity contribution >= 4 is 45.2 Å². The summed E-state index contributed by atoms with van der Waals surface area (Å²) in [6, 6.07) is 0.395. The fourth-order valence-corrected chi connectivity index (χ4v) is 2.50. The van der Waals surface area contributed by atoms with Crippen molar-refractivity contribution in [2.24, 2.45) is 0 Å². The van der Waals surface area contributed by atoms with Gasteiger partial charge in [-0.2, -0.15) is 5.06 Å². The maximum absolute atomic E-state index is 9.18. The topological polar surface area (TPSA) is 23.5 Å². The first-order valence-corrected chi connectivity index (χ1v) is 5.44. The third-order valence-corrected chi connectivity index (χ3v) is 3.22. The summed E-state index contributed by atoms with van der Waals surface area (Å²) in [5.74, 6) is 0. The van der Waals surface area contributed by atoms with Crippen LogP contribution in [0.25, 0.3) is 0 Å². The van der Waals surface area contributed by atoms with Crippen LogP contribution in [0.3, 0.4) is 0 Å². The quantitative estimate of drug-likeness (QED) is 0.576. The van der Waals surface area contributed by atoms with Gasteiger partial charge < -0.3 is 5.21 Å². The molecule has 0 aliphatic carbocycles. The van der Waals surface area contributed by atoms with Crippen LogP contribution in [0, 0.1) is 0 Å². The Morgan fingerprint density at radius 1 is 1.56 bits per heavy atom. The van der Waals surface area contributed by atoms with Crippen LogP contribution in [-0.4, -0.2) is 24.8 Å². The summed E-state index contributed by atoms with van der Waals surface area (Å²) in [5.41, 5.74) is 0. The van der Waals surface area contributed by atoms with E-state index in [1.54, 1.807) is 0 Å². The molecule has 0 amide bonds. The molecule has 0 aromatic carbocycles. The standard InChI is InChI=1S/C5H9I2NO/c6-5(7)4-2-1-3-8(4)9/h4-5,9H,1-3H2/t4-/m0/s1. The fourth-order valence-electron chi connectivity index (χ4n) is 1.03. The molecule has 1 atom stereocenters. The minimum absolute atomic E-state index is 0.395. The summed E-state index contributed by atoms with van der Waals surface area (Å²) < 4.78 is 0.535. The van der Waals surface area contributed by atoms with Crippen molar-refractivity contribution < 1.29 is 5.21 Å². The first kappa shape index (κ1) is 8.48. The Bertz CT molecular complexity index is 99.0. The summed E-state index contributed by atoms with van der Waals surface area (Å²) >= 11 is 4.69. The molecule has 0 spiro atoms. The number of nitrogens with zero attached hydrogens (tertiary/aromatic N) is 1. The van der Waals surface area contributed by atoms with Crippen molar-refractivity contribution in [2.75, 3.05) is 6.54 Å². The Labute approximate surface area is 82.2 Å². The Kier molecular flexibility index (Phi) is 3.47. The van der Waals surface area contributed by atoms with E-state index >= 15 is 0 Å². The second-order valence-electron chi connectivity index (χ2n) is 2.21. The highest BCUT2D eigenvalue weighted by Crippen LogP contribution is 2.26. The summed E-state index contributed by atoms with van der Waals surface area (Å²) in [4.78, 5) is 0. The van der Waals surface area contributed by atoms with Crippen LogP contribution in [0.2, 0.25) is 0 Å². The first-order valence-electron chi connectivity index (χ1n) is 2.95. The normalized spacial score (nSPS) is 30.0. The molecular formula is C5H9I2NO. The molecule has 2 nitrogen and oxygen atoms in total. The van der Waals surface area contributed by atoms with Gasteiger partial charge in [0.2, 0.25) is 0 Å². The van der Waals surface area contributed by atoms with Crippen LogP contribution in [-0.2, 0) is 0 Å². The summed E-state index contributed by atoms with van der Waals surface area (Å²) in [5, 5.41) is 10.6. The molecule has 4 heteroatoms. The third kappa shape index (κ3) is 2.16. The number of hydroxylamine groups is 2. The van der Waals surface area contributed by atoms with E-state index in [9.17, 15) is 5.21 Å². The molecule has 0 aromatic rings. The second-order valence-corrected chi connectivity index (χ2v) is 7.27. The van der Waals surface area contributed by atoms with Gasteiger partial charge in [0.05, 0.1) is 7.97 Å². The zero-order valence-electron chi connectivity index (χ0n) is 4.93. The van der Waals surface area contributed by atoms with Gasteiger partial charge in [0.15, 0.2) is 0 Å². The molecule has 1 aliphatic heterocycles. The molecule has 1 fully saturated rings. The van der Waals surface area contributed by atoms with Crippen LogP contribution in [0.5, 0.6) is 0 Å². The molecule has 1 saturated heterocycles. The number of halogens is 2. The van der Waals surface area contributed by atoms with Crippen LogP contribution in [0.15, 0.2) is 0 Å². The van der Waals surface area contributed by atoms with Gasteiger partial charge in [-0.3, -0.25) is 0 Å². The van der Waals surface area contributed by atoms with Gasteiger partial charge in [-0.15, -0.1) is 0 Å². The molecule has 1 rings (SSSR count). The largest absolute Gasteiger partial charge is 0.314 e. The van der Waals surface area contributed by atoms with Crippen molar-refractivity contribution in [1.82, 2.24) is 5.06 Å². The molecule has 1 aliphatic rings. The maximum atomic E-state index is 9.18. The van der Waals surface area contributed by atoms with E-state index in [1.807, 2.05) is 0 Å². The van der Waals surface area contributed by atoms with E-state index < -0.39 is 0 Å². The third-order valence-electron chi connectivity index (χ3n) is 1.56. The molecule has 1 heterocycles. The molecule has 1 N–H and O–H groups in total.